The van der Waals surface area contributed by atoms with Crippen LogP contribution in [0.4, 0.5) is 11.6 Å². The first-order valence-corrected chi connectivity index (χ1v) is 8.55. The van der Waals surface area contributed by atoms with E-state index in [9.17, 15) is 8.42 Å². The third kappa shape index (κ3) is 3.70. The number of aryl methyl sites for hydroxylation is 1. The lowest BCUT2D eigenvalue weighted by Crippen LogP contribution is -2.17. The second kappa shape index (κ2) is 6.40. The van der Waals surface area contributed by atoms with Gasteiger partial charge in [0.1, 0.15) is 16.5 Å². The van der Waals surface area contributed by atoms with Crippen LogP contribution in [0.3, 0.4) is 0 Å². The van der Waals surface area contributed by atoms with E-state index in [1.807, 2.05) is 6.92 Å². The van der Waals surface area contributed by atoms with Crippen molar-refractivity contribution in [2.75, 3.05) is 16.6 Å². The van der Waals surface area contributed by atoms with Gasteiger partial charge in [-0.3, -0.25) is 4.72 Å². The summed E-state index contributed by atoms with van der Waals surface area (Å²) in [4.78, 5) is 8.23. The van der Waals surface area contributed by atoms with Crippen molar-refractivity contribution in [1.82, 2.24) is 9.97 Å². The molecule has 8 heteroatoms. The molecule has 0 saturated heterocycles. The molecule has 2 aromatic rings. The van der Waals surface area contributed by atoms with Gasteiger partial charge < -0.3 is 5.32 Å². The lowest BCUT2D eigenvalue weighted by Gasteiger charge is -2.12. The van der Waals surface area contributed by atoms with Crippen molar-refractivity contribution in [3.05, 3.63) is 40.6 Å². The number of rotatable bonds is 5. The maximum atomic E-state index is 12.5. The van der Waals surface area contributed by atoms with E-state index in [1.165, 1.54) is 6.07 Å². The van der Waals surface area contributed by atoms with Gasteiger partial charge in [-0.05, 0) is 53.5 Å². The van der Waals surface area contributed by atoms with Crippen LogP contribution in [-0.2, 0) is 10.0 Å². The lowest BCUT2D eigenvalue weighted by molar-refractivity contribution is 0.601. The van der Waals surface area contributed by atoms with Crippen molar-refractivity contribution in [3.63, 3.8) is 0 Å². The van der Waals surface area contributed by atoms with E-state index in [1.54, 1.807) is 31.5 Å². The molecule has 2 heterocycles. The van der Waals surface area contributed by atoms with Crippen LogP contribution in [0.15, 0.2) is 40.0 Å². The second-order valence-electron chi connectivity index (χ2n) is 4.31. The van der Waals surface area contributed by atoms with Crippen molar-refractivity contribution < 1.29 is 8.42 Å². The molecule has 0 atom stereocenters. The van der Waals surface area contributed by atoms with Crippen LogP contribution >= 0.6 is 15.9 Å². The van der Waals surface area contributed by atoms with Crippen LogP contribution in [0.25, 0.3) is 0 Å². The summed E-state index contributed by atoms with van der Waals surface area (Å²) < 4.78 is 28.3. The summed E-state index contributed by atoms with van der Waals surface area (Å²) in [7, 11) is -3.75. The number of anilines is 2. The molecule has 0 amide bonds. The Kier molecular flexibility index (Phi) is 4.79. The Labute approximate surface area is 132 Å². The Balaban J connectivity index is 2.39. The van der Waals surface area contributed by atoms with Crippen LogP contribution in [0.1, 0.15) is 12.5 Å². The largest absolute Gasteiger partial charge is 0.369 e. The smallest absolute Gasteiger partial charge is 0.266 e. The first-order valence-electron chi connectivity index (χ1n) is 6.28. The maximum Gasteiger partial charge on any atom is 0.266 e. The summed E-state index contributed by atoms with van der Waals surface area (Å²) in [5, 5.41) is 2.93. The highest BCUT2D eigenvalue weighted by Crippen LogP contribution is 2.23. The van der Waals surface area contributed by atoms with Crippen LogP contribution < -0.4 is 10.0 Å². The zero-order valence-corrected chi connectivity index (χ0v) is 14.0. The average Bonchev–Trinajstić information content (AvgIpc) is 2.43. The molecule has 0 spiro atoms. The zero-order valence-electron chi connectivity index (χ0n) is 11.6. The fourth-order valence-electron chi connectivity index (χ4n) is 1.74. The maximum absolute atomic E-state index is 12.5. The highest BCUT2D eigenvalue weighted by Gasteiger charge is 2.20. The van der Waals surface area contributed by atoms with Gasteiger partial charge in [-0.2, -0.15) is 0 Å². The third-order valence-corrected chi connectivity index (χ3v) is 4.48. The molecule has 6 nitrogen and oxygen atoms in total. The summed E-state index contributed by atoms with van der Waals surface area (Å²) in [6.45, 7) is 4.23. The summed E-state index contributed by atoms with van der Waals surface area (Å²) >= 11 is 3.29. The van der Waals surface area contributed by atoms with Crippen molar-refractivity contribution in [2.24, 2.45) is 0 Å². The second-order valence-corrected chi connectivity index (χ2v) is 6.87. The monoisotopic (exact) mass is 370 g/mol. The molecular formula is C13H15BrN4O2S. The molecule has 112 valence electrons. The molecule has 2 rings (SSSR count). The van der Waals surface area contributed by atoms with Crippen molar-refractivity contribution in [2.45, 2.75) is 18.7 Å². The molecule has 0 fully saturated rings. The van der Waals surface area contributed by atoms with Crippen molar-refractivity contribution in [3.8, 4) is 0 Å². The van der Waals surface area contributed by atoms with Gasteiger partial charge in [-0.25, -0.2) is 18.4 Å². The number of nitrogens with zero attached hydrogens (tertiary/aromatic N) is 2. The number of hydrogen-bond donors (Lipinski definition) is 2. The number of hydrogen-bond acceptors (Lipinski definition) is 5. The highest BCUT2D eigenvalue weighted by molar-refractivity contribution is 9.10. The molecular weight excluding hydrogens is 356 g/mol. The molecule has 0 bridgehead atoms. The lowest BCUT2D eigenvalue weighted by atomic mass is 10.3. The van der Waals surface area contributed by atoms with Crippen LogP contribution in [-0.4, -0.2) is 24.9 Å². The van der Waals surface area contributed by atoms with E-state index in [2.05, 4.69) is 35.9 Å². The van der Waals surface area contributed by atoms with Gasteiger partial charge in [0.2, 0.25) is 0 Å². The Morgan fingerprint density at radius 3 is 2.71 bits per heavy atom. The third-order valence-electron chi connectivity index (χ3n) is 2.68. The molecule has 0 aliphatic carbocycles. The van der Waals surface area contributed by atoms with Gasteiger partial charge in [0, 0.05) is 23.4 Å². The standard InChI is InChI=1S/C13H15BrN4O2S/c1-3-15-13-11(5-4-6-16-13)21(19,20)18-12-9(2)7-10(14)8-17-12/h4-8H,3H2,1-2H3,(H,15,16)(H,17,18). The van der Waals surface area contributed by atoms with Gasteiger partial charge in [0.05, 0.1) is 0 Å². The van der Waals surface area contributed by atoms with Gasteiger partial charge in [-0.15, -0.1) is 0 Å². The zero-order chi connectivity index (χ0) is 15.5. The van der Waals surface area contributed by atoms with Gasteiger partial charge in [-0.1, -0.05) is 0 Å². The predicted octanol–water partition coefficient (Wildman–Crippen LogP) is 2.78. The first kappa shape index (κ1) is 15.7. The minimum atomic E-state index is -3.75. The van der Waals surface area contributed by atoms with Gasteiger partial charge in [0.25, 0.3) is 10.0 Å². The van der Waals surface area contributed by atoms with E-state index < -0.39 is 10.0 Å². The Morgan fingerprint density at radius 2 is 2.05 bits per heavy atom. The first-order chi connectivity index (χ1) is 9.94. The molecule has 0 radical (unpaired) electrons. The number of sulfonamides is 1. The van der Waals surface area contributed by atoms with Crippen LogP contribution in [0, 0.1) is 6.92 Å². The minimum absolute atomic E-state index is 0.0935. The molecule has 2 aromatic heterocycles. The normalized spacial score (nSPS) is 11.2. The van der Waals surface area contributed by atoms with Crippen molar-refractivity contribution in [1.29, 1.82) is 0 Å². The van der Waals surface area contributed by atoms with E-state index in [-0.39, 0.29) is 4.90 Å². The molecule has 0 unspecified atom stereocenters. The van der Waals surface area contributed by atoms with E-state index in [4.69, 9.17) is 0 Å². The quantitative estimate of drug-likeness (QED) is 0.845. The SMILES string of the molecule is CCNc1ncccc1S(=O)(=O)Nc1ncc(Br)cc1C. The number of nitrogens with one attached hydrogen (secondary N) is 2. The minimum Gasteiger partial charge on any atom is -0.369 e. The van der Waals surface area contributed by atoms with Crippen LogP contribution in [0.2, 0.25) is 0 Å². The Hall–Kier alpha value is -1.67. The summed E-state index contributed by atoms with van der Waals surface area (Å²) in [5.74, 6) is 0.617. The summed E-state index contributed by atoms with van der Waals surface area (Å²) in [5.41, 5.74) is 0.724. The van der Waals surface area contributed by atoms with E-state index in [0.29, 0.717) is 18.2 Å². The molecule has 0 aliphatic heterocycles. The number of aromatic nitrogens is 2. The average molecular weight is 371 g/mol. The summed E-state index contributed by atoms with van der Waals surface area (Å²) in [6, 6.07) is 4.87. The van der Waals surface area contributed by atoms with Crippen LogP contribution in [0.5, 0.6) is 0 Å². The topological polar surface area (TPSA) is 84.0 Å². The molecule has 21 heavy (non-hydrogen) atoms. The number of pyridine rings is 2. The van der Waals surface area contributed by atoms with Gasteiger partial charge >= 0.3 is 0 Å². The fourth-order valence-corrected chi connectivity index (χ4v) is 3.40. The predicted molar refractivity (Wildman–Crippen MR) is 85.9 cm³/mol. The fraction of sp³-hybridized carbons (Fsp3) is 0.231. The van der Waals surface area contributed by atoms with Crippen molar-refractivity contribution >= 4 is 37.6 Å². The van der Waals surface area contributed by atoms with Gasteiger partial charge in [0.15, 0.2) is 0 Å². The Morgan fingerprint density at radius 1 is 1.29 bits per heavy atom. The summed E-state index contributed by atoms with van der Waals surface area (Å²) in [6.07, 6.45) is 3.08. The molecule has 2 N–H and O–H groups in total. The van der Waals surface area contributed by atoms with E-state index in [0.717, 1.165) is 10.0 Å². The number of halogens is 1. The molecule has 0 saturated carbocycles. The highest BCUT2D eigenvalue weighted by atomic mass is 79.9. The Bertz CT molecular complexity index is 750. The molecule has 0 aliphatic rings. The van der Waals surface area contributed by atoms with E-state index >= 15 is 0 Å². The molecule has 0 aromatic carbocycles.